The Kier molecular flexibility index (Phi) is 8.82. The van der Waals surface area contributed by atoms with E-state index in [9.17, 15) is 4.79 Å². The number of amides is 1. The third-order valence-electron chi connectivity index (χ3n) is 4.64. The molecule has 0 aliphatic rings. The predicted molar refractivity (Wildman–Crippen MR) is 113 cm³/mol. The van der Waals surface area contributed by atoms with Crippen molar-refractivity contribution >= 4 is 5.91 Å². The second-order valence-electron chi connectivity index (χ2n) is 6.53. The van der Waals surface area contributed by atoms with Gasteiger partial charge >= 0.3 is 0 Å². The van der Waals surface area contributed by atoms with Crippen molar-refractivity contribution < 1.29 is 23.7 Å². The Morgan fingerprint density at radius 3 is 2.27 bits per heavy atom. The molecule has 0 radical (unpaired) electrons. The van der Waals surface area contributed by atoms with Crippen LogP contribution >= 0.6 is 0 Å². The van der Waals surface area contributed by atoms with Crippen LogP contribution in [0.15, 0.2) is 36.4 Å². The quantitative estimate of drug-likeness (QED) is 0.522. The van der Waals surface area contributed by atoms with Crippen molar-refractivity contribution in [2.75, 3.05) is 34.5 Å². The van der Waals surface area contributed by atoms with Gasteiger partial charge < -0.3 is 23.8 Å². The van der Waals surface area contributed by atoms with Gasteiger partial charge in [0.15, 0.2) is 23.0 Å². The molecule has 0 N–H and O–H groups in total. The Balaban J connectivity index is 1.88. The summed E-state index contributed by atoms with van der Waals surface area (Å²) in [5, 5.41) is 8.96. The number of hydrogen-bond donors (Lipinski definition) is 0. The lowest BCUT2D eigenvalue weighted by Gasteiger charge is -2.22. The van der Waals surface area contributed by atoms with Gasteiger partial charge in [0, 0.05) is 25.6 Å². The van der Waals surface area contributed by atoms with Crippen LogP contribution in [0.3, 0.4) is 0 Å². The van der Waals surface area contributed by atoms with E-state index in [1.165, 1.54) is 7.11 Å². The Bertz CT molecular complexity index is 892. The van der Waals surface area contributed by atoms with Crippen LogP contribution in [0.4, 0.5) is 0 Å². The van der Waals surface area contributed by atoms with Crippen molar-refractivity contribution in [2.24, 2.45) is 0 Å². The molecule has 0 spiro atoms. The van der Waals surface area contributed by atoms with Gasteiger partial charge in [-0.1, -0.05) is 6.07 Å². The molecule has 0 unspecified atom stereocenters. The summed E-state index contributed by atoms with van der Waals surface area (Å²) in [7, 11) is 4.71. The summed E-state index contributed by atoms with van der Waals surface area (Å²) in [5.74, 6) is 2.42. The lowest BCUT2D eigenvalue weighted by molar-refractivity contribution is -0.131. The first kappa shape index (κ1) is 22.9. The van der Waals surface area contributed by atoms with Crippen LogP contribution in [0, 0.1) is 11.3 Å². The Labute approximate surface area is 177 Å². The van der Waals surface area contributed by atoms with Gasteiger partial charge in [0.2, 0.25) is 5.91 Å². The Hall–Kier alpha value is -3.40. The van der Waals surface area contributed by atoms with Gasteiger partial charge in [-0.25, -0.2) is 0 Å². The largest absolute Gasteiger partial charge is 0.493 e. The molecule has 0 aromatic heterocycles. The van der Waals surface area contributed by atoms with E-state index in [0.29, 0.717) is 61.1 Å². The summed E-state index contributed by atoms with van der Waals surface area (Å²) < 4.78 is 21.6. The van der Waals surface area contributed by atoms with Gasteiger partial charge in [0.1, 0.15) is 0 Å². The van der Waals surface area contributed by atoms with Gasteiger partial charge in [-0.3, -0.25) is 4.79 Å². The van der Waals surface area contributed by atoms with E-state index in [0.717, 1.165) is 5.56 Å². The fourth-order valence-electron chi connectivity index (χ4n) is 3.00. The third-order valence-corrected chi connectivity index (χ3v) is 4.64. The van der Waals surface area contributed by atoms with Crippen LogP contribution in [0.25, 0.3) is 0 Å². The summed E-state index contributed by atoms with van der Waals surface area (Å²) in [5.41, 5.74) is 1.48. The van der Waals surface area contributed by atoms with Crippen LogP contribution in [0.2, 0.25) is 0 Å². The van der Waals surface area contributed by atoms with Crippen LogP contribution in [-0.2, 0) is 11.3 Å². The highest BCUT2D eigenvalue weighted by atomic mass is 16.5. The van der Waals surface area contributed by atoms with E-state index in [1.54, 1.807) is 37.3 Å². The SMILES string of the molecule is CCN(Cc1ccc(OC)c(OC)c1)C(=O)CCCOc1ccc(C#N)cc1OC. The molecule has 0 fully saturated rings. The second-order valence-corrected chi connectivity index (χ2v) is 6.53. The third kappa shape index (κ3) is 6.05. The molecule has 2 rings (SSSR count). The minimum atomic E-state index is 0.0580. The summed E-state index contributed by atoms with van der Waals surface area (Å²) in [6.45, 7) is 3.44. The molecule has 0 atom stereocenters. The number of carbonyl (C=O) groups excluding carboxylic acids is 1. The smallest absolute Gasteiger partial charge is 0.222 e. The molecule has 30 heavy (non-hydrogen) atoms. The number of nitriles is 1. The second kappa shape index (κ2) is 11.6. The lowest BCUT2D eigenvalue weighted by atomic mass is 10.1. The van der Waals surface area contributed by atoms with Crippen molar-refractivity contribution in [1.29, 1.82) is 5.26 Å². The van der Waals surface area contributed by atoms with Crippen molar-refractivity contribution in [3.05, 3.63) is 47.5 Å². The maximum Gasteiger partial charge on any atom is 0.222 e. The minimum absolute atomic E-state index is 0.0580. The zero-order valence-corrected chi connectivity index (χ0v) is 17.9. The molecule has 7 heteroatoms. The first-order valence-corrected chi connectivity index (χ1v) is 9.75. The first-order chi connectivity index (χ1) is 14.6. The summed E-state index contributed by atoms with van der Waals surface area (Å²) in [6, 6.07) is 12.7. The molecule has 0 saturated carbocycles. The fraction of sp³-hybridized carbons (Fsp3) is 0.391. The standard InChI is InChI=1S/C23H28N2O5/c1-5-25(16-18-9-10-19(27-2)21(14-18)28-3)23(26)7-6-12-30-20-11-8-17(15-24)13-22(20)29-4/h8-11,13-14H,5-7,12,16H2,1-4H3. The number of carbonyl (C=O) groups is 1. The van der Waals surface area contributed by atoms with Gasteiger partial charge in [0.25, 0.3) is 0 Å². The Morgan fingerprint density at radius 1 is 0.967 bits per heavy atom. The molecule has 2 aromatic rings. The lowest BCUT2D eigenvalue weighted by Crippen LogP contribution is -2.30. The highest BCUT2D eigenvalue weighted by molar-refractivity contribution is 5.76. The van der Waals surface area contributed by atoms with E-state index in [4.69, 9.17) is 24.2 Å². The normalized spacial score (nSPS) is 10.1. The molecule has 0 aliphatic heterocycles. The molecule has 1 amide bonds. The average molecular weight is 412 g/mol. The van der Waals surface area contributed by atoms with Crippen LogP contribution in [0.1, 0.15) is 30.9 Å². The molecule has 7 nitrogen and oxygen atoms in total. The van der Waals surface area contributed by atoms with E-state index in [1.807, 2.05) is 25.1 Å². The molecule has 160 valence electrons. The van der Waals surface area contributed by atoms with E-state index in [2.05, 4.69) is 6.07 Å². The maximum atomic E-state index is 12.6. The van der Waals surface area contributed by atoms with E-state index in [-0.39, 0.29) is 5.91 Å². The molecule has 0 heterocycles. The number of nitrogens with zero attached hydrogens (tertiary/aromatic N) is 2. The monoisotopic (exact) mass is 412 g/mol. The van der Waals surface area contributed by atoms with Crippen molar-refractivity contribution in [3.8, 4) is 29.1 Å². The summed E-state index contributed by atoms with van der Waals surface area (Å²) in [4.78, 5) is 14.4. The molecule has 2 aromatic carbocycles. The molecule has 0 saturated heterocycles. The topological polar surface area (TPSA) is 81.0 Å². The Morgan fingerprint density at radius 2 is 1.63 bits per heavy atom. The first-order valence-electron chi connectivity index (χ1n) is 9.75. The predicted octanol–water partition coefficient (Wildman–Crippen LogP) is 3.79. The number of benzene rings is 2. The van der Waals surface area contributed by atoms with E-state index < -0.39 is 0 Å². The number of rotatable bonds is 11. The van der Waals surface area contributed by atoms with Gasteiger partial charge in [-0.15, -0.1) is 0 Å². The average Bonchev–Trinajstić information content (AvgIpc) is 2.79. The summed E-state index contributed by atoms with van der Waals surface area (Å²) in [6.07, 6.45) is 0.949. The zero-order valence-electron chi connectivity index (χ0n) is 17.9. The number of ether oxygens (including phenoxy) is 4. The molecular weight excluding hydrogens is 384 g/mol. The number of methoxy groups -OCH3 is 3. The number of hydrogen-bond acceptors (Lipinski definition) is 6. The molecule has 0 bridgehead atoms. The van der Waals surface area contributed by atoms with E-state index >= 15 is 0 Å². The van der Waals surface area contributed by atoms with Gasteiger partial charge in [0.05, 0.1) is 39.6 Å². The summed E-state index contributed by atoms with van der Waals surface area (Å²) >= 11 is 0. The van der Waals surface area contributed by atoms with Gasteiger partial charge in [-0.2, -0.15) is 5.26 Å². The van der Waals surface area contributed by atoms with Crippen LogP contribution in [0.5, 0.6) is 23.0 Å². The maximum absolute atomic E-state index is 12.6. The molecular formula is C23H28N2O5. The fourth-order valence-corrected chi connectivity index (χ4v) is 3.00. The minimum Gasteiger partial charge on any atom is -0.493 e. The van der Waals surface area contributed by atoms with Crippen molar-refractivity contribution in [2.45, 2.75) is 26.3 Å². The van der Waals surface area contributed by atoms with Crippen LogP contribution in [-0.4, -0.2) is 45.3 Å². The van der Waals surface area contributed by atoms with Crippen LogP contribution < -0.4 is 18.9 Å². The zero-order chi connectivity index (χ0) is 21.9. The van der Waals surface area contributed by atoms with Gasteiger partial charge in [-0.05, 0) is 43.2 Å². The highest BCUT2D eigenvalue weighted by Crippen LogP contribution is 2.29. The van der Waals surface area contributed by atoms with Crippen molar-refractivity contribution in [1.82, 2.24) is 4.90 Å². The molecule has 0 aliphatic carbocycles. The van der Waals surface area contributed by atoms with Crippen molar-refractivity contribution in [3.63, 3.8) is 0 Å². The highest BCUT2D eigenvalue weighted by Gasteiger charge is 2.14.